The van der Waals surface area contributed by atoms with Gasteiger partial charge in [-0.1, -0.05) is 40.9 Å². The van der Waals surface area contributed by atoms with E-state index in [1.807, 2.05) is 0 Å². The van der Waals surface area contributed by atoms with Crippen LogP contribution >= 0.6 is 15.9 Å². The van der Waals surface area contributed by atoms with E-state index in [1.165, 1.54) is 31.2 Å². The highest BCUT2D eigenvalue weighted by atomic mass is 79.9. The number of nitrogens with zero attached hydrogens (tertiary/aromatic N) is 2. The fourth-order valence-electron chi connectivity index (χ4n) is 3.45. The molecular weight excluding hydrogens is 302 g/mol. The summed E-state index contributed by atoms with van der Waals surface area (Å²) < 4.78 is 1.11. The van der Waals surface area contributed by atoms with Crippen molar-refractivity contribution in [1.29, 1.82) is 0 Å². The molecule has 3 rings (SSSR count). The van der Waals surface area contributed by atoms with E-state index in [0.29, 0.717) is 6.04 Å². The molecule has 102 valence electrons. The molecule has 3 nitrogen and oxygen atoms in total. The molecule has 2 aliphatic rings. The number of nitrogens with two attached hydrogens (primary N) is 1. The van der Waals surface area contributed by atoms with Crippen molar-refractivity contribution >= 4 is 21.9 Å². The molecule has 0 spiro atoms. The van der Waals surface area contributed by atoms with E-state index in [0.717, 1.165) is 17.0 Å². The predicted octanol–water partition coefficient (Wildman–Crippen LogP) is 3.24. The molecule has 1 aliphatic carbocycles. The van der Waals surface area contributed by atoms with Crippen LogP contribution in [0, 0.1) is 0 Å². The average molecular weight is 322 g/mol. The molecule has 1 atom stereocenters. The van der Waals surface area contributed by atoms with Crippen LogP contribution in [0.15, 0.2) is 33.7 Å². The fourth-order valence-corrected chi connectivity index (χ4v) is 3.85. The van der Waals surface area contributed by atoms with Crippen molar-refractivity contribution in [3.63, 3.8) is 0 Å². The first-order valence-corrected chi connectivity index (χ1v) is 7.76. The van der Waals surface area contributed by atoms with Gasteiger partial charge in [0.25, 0.3) is 0 Å². The predicted molar refractivity (Wildman–Crippen MR) is 82.1 cm³/mol. The van der Waals surface area contributed by atoms with Gasteiger partial charge in [-0.2, -0.15) is 0 Å². The first kappa shape index (κ1) is 13.0. The maximum absolute atomic E-state index is 6.17. The Morgan fingerprint density at radius 2 is 2.11 bits per heavy atom. The van der Waals surface area contributed by atoms with Gasteiger partial charge >= 0.3 is 0 Å². The molecule has 1 unspecified atom stereocenters. The first-order valence-electron chi connectivity index (χ1n) is 6.96. The maximum atomic E-state index is 6.17. The first-order chi connectivity index (χ1) is 9.11. The van der Waals surface area contributed by atoms with Gasteiger partial charge in [-0.05, 0) is 37.5 Å². The molecule has 4 heteroatoms. The summed E-state index contributed by atoms with van der Waals surface area (Å²) >= 11 is 3.56. The van der Waals surface area contributed by atoms with Crippen LogP contribution in [-0.4, -0.2) is 23.4 Å². The Kier molecular flexibility index (Phi) is 3.29. The lowest BCUT2D eigenvalue weighted by atomic mass is 9.89. The Morgan fingerprint density at radius 3 is 2.79 bits per heavy atom. The van der Waals surface area contributed by atoms with E-state index in [2.05, 4.69) is 57.0 Å². The summed E-state index contributed by atoms with van der Waals surface area (Å²) in [7, 11) is 0. The molecular formula is C15H20BrN3. The van der Waals surface area contributed by atoms with Crippen molar-refractivity contribution in [2.75, 3.05) is 6.54 Å². The zero-order valence-electron chi connectivity index (χ0n) is 11.3. The number of halogens is 1. The summed E-state index contributed by atoms with van der Waals surface area (Å²) in [5.74, 6) is 0.717. The van der Waals surface area contributed by atoms with Crippen molar-refractivity contribution < 1.29 is 0 Å². The van der Waals surface area contributed by atoms with Crippen molar-refractivity contribution in [3.05, 3.63) is 34.3 Å². The molecule has 1 aromatic carbocycles. The van der Waals surface area contributed by atoms with E-state index in [4.69, 9.17) is 5.73 Å². The van der Waals surface area contributed by atoms with Gasteiger partial charge in [0.1, 0.15) is 0 Å². The van der Waals surface area contributed by atoms with Gasteiger partial charge in [0, 0.05) is 10.5 Å². The van der Waals surface area contributed by atoms with Gasteiger partial charge in [-0.25, -0.2) is 0 Å². The minimum Gasteiger partial charge on any atom is -0.370 e. The van der Waals surface area contributed by atoms with Crippen molar-refractivity contribution in [2.45, 2.75) is 44.2 Å². The number of guanidine groups is 1. The van der Waals surface area contributed by atoms with Crippen LogP contribution in [-0.2, 0) is 5.54 Å². The highest BCUT2D eigenvalue weighted by Gasteiger charge is 2.43. The quantitative estimate of drug-likeness (QED) is 0.908. The molecule has 0 saturated heterocycles. The zero-order valence-corrected chi connectivity index (χ0v) is 12.9. The molecule has 0 aromatic heterocycles. The Morgan fingerprint density at radius 1 is 1.37 bits per heavy atom. The second-order valence-corrected chi connectivity index (χ2v) is 6.68. The van der Waals surface area contributed by atoms with Crippen LogP contribution in [0.5, 0.6) is 0 Å². The summed E-state index contributed by atoms with van der Waals surface area (Å²) in [5, 5.41) is 0. The van der Waals surface area contributed by atoms with Gasteiger partial charge in [0.15, 0.2) is 5.96 Å². The number of hydrogen-bond acceptors (Lipinski definition) is 3. The van der Waals surface area contributed by atoms with Gasteiger partial charge < -0.3 is 10.6 Å². The van der Waals surface area contributed by atoms with E-state index in [9.17, 15) is 0 Å². The summed E-state index contributed by atoms with van der Waals surface area (Å²) in [5.41, 5.74) is 7.37. The molecule has 1 fully saturated rings. The van der Waals surface area contributed by atoms with E-state index >= 15 is 0 Å². The van der Waals surface area contributed by atoms with Crippen molar-refractivity contribution in [2.24, 2.45) is 10.7 Å². The van der Waals surface area contributed by atoms with Crippen LogP contribution in [0.3, 0.4) is 0 Å². The summed E-state index contributed by atoms with van der Waals surface area (Å²) in [6, 6.07) is 9.07. The Bertz CT molecular complexity index is 508. The third-order valence-corrected chi connectivity index (χ3v) is 4.96. The lowest BCUT2D eigenvalue weighted by Gasteiger charge is -2.41. The number of rotatable bonds is 2. The third-order valence-electron chi connectivity index (χ3n) is 4.46. The monoisotopic (exact) mass is 321 g/mol. The molecule has 1 saturated carbocycles. The minimum atomic E-state index is -0.0944. The smallest absolute Gasteiger partial charge is 0.192 e. The molecule has 1 heterocycles. The van der Waals surface area contributed by atoms with Gasteiger partial charge in [0.05, 0.1) is 12.1 Å². The molecule has 0 amide bonds. The molecule has 19 heavy (non-hydrogen) atoms. The fraction of sp³-hybridized carbons (Fsp3) is 0.533. The lowest BCUT2D eigenvalue weighted by Crippen LogP contribution is -2.52. The summed E-state index contributed by atoms with van der Waals surface area (Å²) in [4.78, 5) is 6.89. The van der Waals surface area contributed by atoms with E-state index in [1.54, 1.807) is 0 Å². The number of hydrogen-bond donors (Lipinski definition) is 1. The van der Waals surface area contributed by atoms with Gasteiger partial charge in [0.2, 0.25) is 0 Å². The standard InChI is InChI=1S/C15H20BrN3/c1-15(11-5-4-6-12(16)9-11)10-18-14(17)19(15)13-7-2-3-8-13/h4-6,9,13H,2-3,7-8,10H2,1H3,(H2,17,18). The van der Waals surface area contributed by atoms with Gasteiger partial charge in [-0.15, -0.1) is 0 Å². The second-order valence-electron chi connectivity index (χ2n) is 5.77. The maximum Gasteiger partial charge on any atom is 0.192 e. The van der Waals surface area contributed by atoms with Crippen LogP contribution in [0.25, 0.3) is 0 Å². The highest BCUT2D eigenvalue weighted by molar-refractivity contribution is 9.10. The largest absolute Gasteiger partial charge is 0.370 e. The van der Waals surface area contributed by atoms with Crippen molar-refractivity contribution in [1.82, 2.24) is 4.90 Å². The van der Waals surface area contributed by atoms with Crippen LogP contribution < -0.4 is 5.73 Å². The molecule has 2 N–H and O–H groups in total. The third kappa shape index (κ3) is 2.16. The molecule has 0 bridgehead atoms. The zero-order chi connectivity index (χ0) is 13.5. The van der Waals surface area contributed by atoms with Crippen LogP contribution in [0.1, 0.15) is 38.2 Å². The molecule has 1 aliphatic heterocycles. The van der Waals surface area contributed by atoms with Crippen LogP contribution in [0.2, 0.25) is 0 Å². The highest BCUT2D eigenvalue weighted by Crippen LogP contribution is 2.39. The second kappa shape index (κ2) is 4.82. The lowest BCUT2D eigenvalue weighted by molar-refractivity contribution is 0.167. The Labute approximate surface area is 123 Å². The summed E-state index contributed by atoms with van der Waals surface area (Å²) in [6.07, 6.45) is 5.09. The Balaban J connectivity index is 1.97. The number of aliphatic imine (C=N–C) groups is 1. The summed E-state index contributed by atoms with van der Waals surface area (Å²) in [6.45, 7) is 3.02. The van der Waals surface area contributed by atoms with Crippen LogP contribution in [0.4, 0.5) is 0 Å². The van der Waals surface area contributed by atoms with Crippen molar-refractivity contribution in [3.8, 4) is 0 Å². The topological polar surface area (TPSA) is 41.6 Å². The SMILES string of the molecule is CC1(c2cccc(Br)c2)CN=C(N)N1C1CCCC1. The van der Waals surface area contributed by atoms with Gasteiger partial charge in [-0.3, -0.25) is 4.99 Å². The van der Waals surface area contributed by atoms with E-state index in [-0.39, 0.29) is 5.54 Å². The minimum absolute atomic E-state index is 0.0944. The Hall–Kier alpha value is -1.03. The molecule has 1 aromatic rings. The van der Waals surface area contributed by atoms with E-state index < -0.39 is 0 Å². The number of benzene rings is 1. The molecule has 0 radical (unpaired) electrons. The average Bonchev–Trinajstić information content (AvgIpc) is 2.99. The normalized spacial score (nSPS) is 27.9.